The molecule has 0 aliphatic heterocycles. The summed E-state index contributed by atoms with van der Waals surface area (Å²) in [5.41, 5.74) is -0.00579. The molecule has 22 heavy (non-hydrogen) atoms. The maximum atomic E-state index is 13.0. The number of anilines is 1. The number of nitrogens with zero attached hydrogens (tertiary/aromatic N) is 3. The molecule has 2 heterocycles. The van der Waals surface area contributed by atoms with Crippen molar-refractivity contribution in [1.82, 2.24) is 15.0 Å². The van der Waals surface area contributed by atoms with Crippen molar-refractivity contribution in [1.29, 1.82) is 0 Å². The van der Waals surface area contributed by atoms with Gasteiger partial charge in [-0.2, -0.15) is 13.2 Å². The van der Waals surface area contributed by atoms with Crippen LogP contribution in [0, 0.1) is 0 Å². The van der Waals surface area contributed by atoms with E-state index in [-0.39, 0.29) is 12.1 Å². The van der Waals surface area contributed by atoms with E-state index in [0.29, 0.717) is 16.9 Å². The summed E-state index contributed by atoms with van der Waals surface area (Å²) in [5.74, 6) is 0.454. The maximum Gasteiger partial charge on any atom is 0.416 e. The van der Waals surface area contributed by atoms with Gasteiger partial charge in [0.25, 0.3) is 0 Å². The molecule has 0 spiro atoms. The molecule has 2 aromatic heterocycles. The highest BCUT2D eigenvalue weighted by Crippen LogP contribution is 2.32. The molecule has 3 aromatic rings. The minimum atomic E-state index is -4.38. The van der Waals surface area contributed by atoms with Gasteiger partial charge in [0.05, 0.1) is 10.9 Å². The molecule has 0 aliphatic carbocycles. The molecule has 0 atom stereocenters. The number of nitrogens with one attached hydrogen (secondary N) is 1. The Hall–Kier alpha value is -2.70. The van der Waals surface area contributed by atoms with E-state index in [1.54, 1.807) is 24.4 Å². The lowest BCUT2D eigenvalue weighted by Crippen LogP contribution is -2.12. The first-order valence-corrected chi connectivity index (χ1v) is 6.50. The number of aromatic nitrogens is 3. The number of pyridine rings is 1. The number of alkyl halides is 3. The van der Waals surface area contributed by atoms with Crippen molar-refractivity contribution in [3.63, 3.8) is 0 Å². The lowest BCUT2D eigenvalue weighted by molar-refractivity contribution is -0.138. The summed E-state index contributed by atoms with van der Waals surface area (Å²) in [6.45, 7) is 0.0106. The quantitative estimate of drug-likeness (QED) is 0.802. The van der Waals surface area contributed by atoms with Crippen LogP contribution in [0.15, 0.2) is 48.9 Å². The summed E-state index contributed by atoms with van der Waals surface area (Å²) in [6.07, 6.45) is -1.46. The van der Waals surface area contributed by atoms with Gasteiger partial charge >= 0.3 is 6.18 Å². The van der Waals surface area contributed by atoms with Crippen LogP contribution < -0.4 is 5.32 Å². The number of rotatable bonds is 3. The molecule has 7 heteroatoms. The van der Waals surface area contributed by atoms with E-state index >= 15 is 0 Å². The SMILES string of the molecule is FC(F)(F)c1ccccc1CNc1ncnc2ncccc12. The van der Waals surface area contributed by atoms with Crippen molar-refractivity contribution in [2.45, 2.75) is 12.7 Å². The highest BCUT2D eigenvalue weighted by Gasteiger charge is 2.32. The molecule has 0 saturated carbocycles. The molecule has 0 amide bonds. The highest BCUT2D eigenvalue weighted by molar-refractivity contribution is 5.85. The van der Waals surface area contributed by atoms with Gasteiger partial charge in [0.2, 0.25) is 0 Å². The fraction of sp³-hybridized carbons (Fsp3) is 0.133. The van der Waals surface area contributed by atoms with Gasteiger partial charge in [0.1, 0.15) is 12.1 Å². The standard InChI is InChI=1S/C15H11F3N4/c16-15(17,18)12-6-2-1-4-10(12)8-20-14-11-5-3-7-19-13(11)21-9-22-14/h1-7,9H,8H2,(H,19,20,21,22). The van der Waals surface area contributed by atoms with Gasteiger partial charge in [0.15, 0.2) is 5.65 Å². The minimum Gasteiger partial charge on any atom is -0.365 e. The normalized spacial score (nSPS) is 11.6. The molecule has 3 rings (SSSR count). The molecule has 4 nitrogen and oxygen atoms in total. The summed E-state index contributed by atoms with van der Waals surface area (Å²) in [5, 5.41) is 3.59. The lowest BCUT2D eigenvalue weighted by atomic mass is 10.1. The Labute approximate surface area is 124 Å². The molecule has 1 N–H and O–H groups in total. The Morgan fingerprint density at radius 2 is 1.77 bits per heavy atom. The lowest BCUT2D eigenvalue weighted by Gasteiger charge is -2.14. The maximum absolute atomic E-state index is 13.0. The van der Waals surface area contributed by atoms with Crippen LogP contribution in [-0.4, -0.2) is 15.0 Å². The summed E-state index contributed by atoms with van der Waals surface area (Å²) < 4.78 is 38.9. The predicted octanol–water partition coefficient (Wildman–Crippen LogP) is 3.66. The first-order valence-electron chi connectivity index (χ1n) is 6.50. The Balaban J connectivity index is 1.89. The van der Waals surface area contributed by atoms with Gasteiger partial charge in [0, 0.05) is 12.7 Å². The topological polar surface area (TPSA) is 50.7 Å². The van der Waals surface area contributed by atoms with Gasteiger partial charge in [-0.25, -0.2) is 15.0 Å². The average molecular weight is 304 g/mol. The summed E-state index contributed by atoms with van der Waals surface area (Å²) >= 11 is 0. The van der Waals surface area contributed by atoms with Crippen LogP contribution in [0.1, 0.15) is 11.1 Å². The second kappa shape index (κ2) is 5.59. The minimum absolute atomic E-state index is 0.0106. The highest BCUT2D eigenvalue weighted by atomic mass is 19.4. The van der Waals surface area contributed by atoms with Crippen molar-refractivity contribution in [3.8, 4) is 0 Å². The van der Waals surface area contributed by atoms with Crippen molar-refractivity contribution in [3.05, 3.63) is 60.0 Å². The van der Waals surface area contributed by atoms with E-state index in [0.717, 1.165) is 6.07 Å². The number of halogens is 3. The number of benzene rings is 1. The Kier molecular flexibility index (Phi) is 3.62. The van der Waals surface area contributed by atoms with Crippen molar-refractivity contribution >= 4 is 16.9 Å². The van der Waals surface area contributed by atoms with E-state index in [9.17, 15) is 13.2 Å². The molecule has 0 bridgehead atoms. The third-order valence-corrected chi connectivity index (χ3v) is 3.18. The van der Waals surface area contributed by atoms with Crippen LogP contribution in [0.3, 0.4) is 0 Å². The fourth-order valence-electron chi connectivity index (χ4n) is 2.17. The first kappa shape index (κ1) is 14.2. The van der Waals surface area contributed by atoms with Crippen LogP contribution in [0.4, 0.5) is 19.0 Å². The van der Waals surface area contributed by atoms with E-state index in [2.05, 4.69) is 20.3 Å². The second-order valence-corrected chi connectivity index (χ2v) is 4.61. The van der Waals surface area contributed by atoms with Crippen LogP contribution >= 0.6 is 0 Å². The Bertz CT molecular complexity index is 797. The van der Waals surface area contributed by atoms with Crippen LogP contribution in [0.25, 0.3) is 11.0 Å². The number of hydrogen-bond acceptors (Lipinski definition) is 4. The third kappa shape index (κ3) is 2.83. The van der Waals surface area contributed by atoms with Crippen molar-refractivity contribution < 1.29 is 13.2 Å². The van der Waals surface area contributed by atoms with Gasteiger partial charge < -0.3 is 5.32 Å². The Morgan fingerprint density at radius 3 is 2.59 bits per heavy atom. The summed E-state index contributed by atoms with van der Waals surface area (Å²) in [6, 6.07) is 8.94. The fourth-order valence-corrected chi connectivity index (χ4v) is 2.17. The van der Waals surface area contributed by atoms with E-state index in [4.69, 9.17) is 0 Å². The van der Waals surface area contributed by atoms with Gasteiger partial charge in [-0.15, -0.1) is 0 Å². The molecular weight excluding hydrogens is 293 g/mol. The smallest absolute Gasteiger partial charge is 0.365 e. The van der Waals surface area contributed by atoms with E-state index in [1.165, 1.54) is 18.5 Å². The largest absolute Gasteiger partial charge is 0.416 e. The zero-order valence-corrected chi connectivity index (χ0v) is 11.3. The molecule has 0 fully saturated rings. The second-order valence-electron chi connectivity index (χ2n) is 4.61. The van der Waals surface area contributed by atoms with E-state index < -0.39 is 11.7 Å². The summed E-state index contributed by atoms with van der Waals surface area (Å²) in [4.78, 5) is 12.2. The number of fused-ring (bicyclic) bond motifs is 1. The van der Waals surface area contributed by atoms with Crippen molar-refractivity contribution in [2.75, 3.05) is 5.32 Å². The van der Waals surface area contributed by atoms with Crippen LogP contribution in [0.5, 0.6) is 0 Å². The van der Waals surface area contributed by atoms with Crippen molar-refractivity contribution in [2.24, 2.45) is 0 Å². The van der Waals surface area contributed by atoms with Gasteiger partial charge in [-0.05, 0) is 23.8 Å². The van der Waals surface area contributed by atoms with E-state index in [1.807, 2.05) is 0 Å². The zero-order chi connectivity index (χ0) is 15.6. The van der Waals surface area contributed by atoms with Crippen LogP contribution in [0.2, 0.25) is 0 Å². The van der Waals surface area contributed by atoms with Gasteiger partial charge in [-0.1, -0.05) is 18.2 Å². The van der Waals surface area contributed by atoms with Gasteiger partial charge in [-0.3, -0.25) is 0 Å². The molecule has 0 unspecified atom stereocenters. The molecule has 0 saturated heterocycles. The van der Waals surface area contributed by atoms with Crippen LogP contribution in [-0.2, 0) is 12.7 Å². The monoisotopic (exact) mass is 304 g/mol. The summed E-state index contributed by atoms with van der Waals surface area (Å²) in [7, 11) is 0. The first-order chi connectivity index (χ1) is 10.6. The zero-order valence-electron chi connectivity index (χ0n) is 11.3. The number of hydrogen-bond donors (Lipinski definition) is 1. The molecule has 1 aromatic carbocycles. The molecule has 0 radical (unpaired) electrons. The Morgan fingerprint density at radius 1 is 0.955 bits per heavy atom. The average Bonchev–Trinajstić information content (AvgIpc) is 2.52. The predicted molar refractivity (Wildman–Crippen MR) is 76.1 cm³/mol. The molecule has 0 aliphatic rings. The third-order valence-electron chi connectivity index (χ3n) is 3.18. The molecule has 112 valence electrons. The molecular formula is C15H11F3N4.